The highest BCUT2D eigenvalue weighted by Crippen LogP contribution is 2.16. The monoisotopic (exact) mass is 300 g/mol. The van der Waals surface area contributed by atoms with Crippen LogP contribution in [0.2, 0.25) is 0 Å². The molecule has 4 nitrogen and oxygen atoms in total. The second-order valence-electron chi connectivity index (χ2n) is 3.91. The molecule has 102 valence electrons. The minimum Gasteiger partial charge on any atom is -0.396 e. The molecule has 0 fully saturated rings. The van der Waals surface area contributed by atoms with Crippen molar-refractivity contribution in [1.29, 1.82) is 0 Å². The zero-order valence-electron chi connectivity index (χ0n) is 9.97. The Balaban J connectivity index is 2.03. The first-order valence-electron chi connectivity index (χ1n) is 5.56. The third-order valence-electron chi connectivity index (χ3n) is 2.52. The molecule has 0 amide bonds. The zero-order valence-corrected chi connectivity index (χ0v) is 11.6. The maximum absolute atomic E-state index is 13.0. The van der Waals surface area contributed by atoms with Gasteiger partial charge in [-0.15, -0.1) is 11.3 Å². The fraction of sp³-hybridized carbons (Fsp3) is 0.167. The average molecular weight is 300 g/mol. The standard InChI is InChI=1S/C12H13FN2O2S2/c13-11-4-3-10(8-12(11)14)19(16,17)15-6-5-9-2-1-7-18-9/h1-4,7-8,15H,5-6,14H2. The second kappa shape index (κ2) is 5.68. The van der Waals surface area contributed by atoms with E-state index in [9.17, 15) is 12.8 Å². The molecular weight excluding hydrogens is 287 g/mol. The first kappa shape index (κ1) is 14.0. The Hall–Kier alpha value is -1.44. The fourth-order valence-electron chi connectivity index (χ4n) is 1.54. The van der Waals surface area contributed by atoms with E-state index in [2.05, 4.69) is 4.72 Å². The molecule has 19 heavy (non-hydrogen) atoms. The van der Waals surface area contributed by atoms with Crippen molar-refractivity contribution in [2.45, 2.75) is 11.3 Å². The third kappa shape index (κ3) is 3.52. The van der Waals surface area contributed by atoms with Crippen LogP contribution in [0, 0.1) is 5.82 Å². The van der Waals surface area contributed by atoms with Crippen LogP contribution in [-0.4, -0.2) is 15.0 Å². The van der Waals surface area contributed by atoms with Crippen molar-refractivity contribution in [3.05, 3.63) is 46.4 Å². The summed E-state index contributed by atoms with van der Waals surface area (Å²) in [6.07, 6.45) is 0.619. The van der Waals surface area contributed by atoms with Gasteiger partial charge in [-0.3, -0.25) is 0 Å². The van der Waals surface area contributed by atoms with E-state index in [1.807, 2.05) is 17.5 Å². The van der Waals surface area contributed by atoms with Crippen LogP contribution in [-0.2, 0) is 16.4 Å². The Morgan fingerprint density at radius 3 is 2.74 bits per heavy atom. The summed E-state index contributed by atoms with van der Waals surface area (Å²) in [6, 6.07) is 7.20. The first-order chi connectivity index (χ1) is 8.99. The number of nitrogens with one attached hydrogen (secondary N) is 1. The lowest BCUT2D eigenvalue weighted by molar-refractivity contribution is 0.581. The van der Waals surface area contributed by atoms with Gasteiger partial charge in [0, 0.05) is 11.4 Å². The summed E-state index contributed by atoms with van der Waals surface area (Å²) in [5.41, 5.74) is 5.18. The molecule has 0 atom stereocenters. The zero-order chi connectivity index (χ0) is 13.9. The summed E-state index contributed by atoms with van der Waals surface area (Å²) in [5, 5.41) is 1.94. The van der Waals surface area contributed by atoms with Crippen molar-refractivity contribution in [3.8, 4) is 0 Å². The molecule has 0 aliphatic heterocycles. The maximum Gasteiger partial charge on any atom is 0.240 e. The number of sulfonamides is 1. The molecule has 0 saturated carbocycles. The maximum atomic E-state index is 13.0. The number of hydrogen-bond donors (Lipinski definition) is 2. The van der Waals surface area contributed by atoms with Crippen molar-refractivity contribution in [2.75, 3.05) is 12.3 Å². The Bertz CT molecular complexity index is 654. The van der Waals surface area contributed by atoms with Gasteiger partial charge < -0.3 is 5.73 Å². The largest absolute Gasteiger partial charge is 0.396 e. The van der Waals surface area contributed by atoms with Crippen LogP contribution in [0.3, 0.4) is 0 Å². The number of rotatable bonds is 5. The summed E-state index contributed by atoms with van der Waals surface area (Å²) in [7, 11) is -3.64. The van der Waals surface area contributed by atoms with Crippen LogP contribution in [0.1, 0.15) is 4.88 Å². The SMILES string of the molecule is Nc1cc(S(=O)(=O)NCCc2cccs2)ccc1F. The molecule has 0 aliphatic carbocycles. The summed E-state index contributed by atoms with van der Waals surface area (Å²) < 4.78 is 39.3. The Labute approximate surface area is 115 Å². The molecule has 0 bridgehead atoms. The molecule has 7 heteroatoms. The number of nitrogen functional groups attached to an aromatic ring is 1. The van der Waals surface area contributed by atoms with Gasteiger partial charge in [0.25, 0.3) is 0 Å². The lowest BCUT2D eigenvalue weighted by Crippen LogP contribution is -2.26. The molecule has 0 spiro atoms. The van der Waals surface area contributed by atoms with Crippen LogP contribution in [0.15, 0.2) is 40.6 Å². The predicted octanol–water partition coefficient (Wildman–Crippen LogP) is 1.99. The van der Waals surface area contributed by atoms with Crippen LogP contribution < -0.4 is 10.5 Å². The number of benzene rings is 1. The molecule has 1 aromatic carbocycles. The Morgan fingerprint density at radius 2 is 2.11 bits per heavy atom. The van der Waals surface area contributed by atoms with Crippen molar-refractivity contribution in [1.82, 2.24) is 4.72 Å². The van der Waals surface area contributed by atoms with E-state index in [0.29, 0.717) is 13.0 Å². The highest BCUT2D eigenvalue weighted by Gasteiger charge is 2.14. The van der Waals surface area contributed by atoms with Gasteiger partial charge in [-0.05, 0) is 36.1 Å². The van der Waals surface area contributed by atoms with Gasteiger partial charge in [0.1, 0.15) is 5.82 Å². The van der Waals surface area contributed by atoms with Crippen molar-refractivity contribution in [3.63, 3.8) is 0 Å². The minimum atomic E-state index is -3.64. The molecule has 1 aromatic heterocycles. The molecule has 2 rings (SSSR count). The highest BCUT2D eigenvalue weighted by molar-refractivity contribution is 7.89. The fourth-order valence-corrected chi connectivity index (χ4v) is 3.31. The van der Waals surface area contributed by atoms with E-state index in [-0.39, 0.29) is 10.6 Å². The van der Waals surface area contributed by atoms with E-state index in [1.165, 1.54) is 6.07 Å². The molecular formula is C12H13FN2O2S2. The molecule has 3 N–H and O–H groups in total. The average Bonchev–Trinajstić information content (AvgIpc) is 2.85. The number of nitrogens with two attached hydrogens (primary N) is 1. The van der Waals surface area contributed by atoms with Gasteiger partial charge >= 0.3 is 0 Å². The molecule has 0 aliphatic rings. The van der Waals surface area contributed by atoms with Gasteiger partial charge in [0.05, 0.1) is 10.6 Å². The number of halogens is 1. The quantitative estimate of drug-likeness (QED) is 0.830. The minimum absolute atomic E-state index is 0.0300. The summed E-state index contributed by atoms with van der Waals surface area (Å²) in [5.74, 6) is -0.627. The molecule has 2 aromatic rings. The normalized spacial score (nSPS) is 11.6. The lowest BCUT2D eigenvalue weighted by Gasteiger charge is -2.07. The smallest absolute Gasteiger partial charge is 0.240 e. The van der Waals surface area contributed by atoms with Gasteiger partial charge in [-0.2, -0.15) is 0 Å². The topological polar surface area (TPSA) is 72.2 Å². The molecule has 0 radical (unpaired) electrons. The van der Waals surface area contributed by atoms with E-state index in [0.717, 1.165) is 17.0 Å². The molecule has 0 saturated heterocycles. The Morgan fingerprint density at radius 1 is 1.32 bits per heavy atom. The van der Waals surface area contributed by atoms with Crippen LogP contribution >= 0.6 is 11.3 Å². The van der Waals surface area contributed by atoms with Gasteiger partial charge in [0.2, 0.25) is 10.0 Å². The second-order valence-corrected chi connectivity index (χ2v) is 6.71. The van der Waals surface area contributed by atoms with Crippen LogP contribution in [0.5, 0.6) is 0 Å². The summed E-state index contributed by atoms with van der Waals surface area (Å²) in [4.78, 5) is 1.07. The number of thiophene rings is 1. The van der Waals surface area contributed by atoms with E-state index in [1.54, 1.807) is 11.3 Å². The van der Waals surface area contributed by atoms with Crippen LogP contribution in [0.25, 0.3) is 0 Å². The third-order valence-corrected chi connectivity index (χ3v) is 4.92. The van der Waals surface area contributed by atoms with Crippen molar-refractivity contribution in [2.24, 2.45) is 0 Å². The van der Waals surface area contributed by atoms with Gasteiger partial charge in [0.15, 0.2) is 0 Å². The Kier molecular flexibility index (Phi) is 4.18. The van der Waals surface area contributed by atoms with E-state index < -0.39 is 15.8 Å². The highest BCUT2D eigenvalue weighted by atomic mass is 32.2. The van der Waals surface area contributed by atoms with Gasteiger partial charge in [-0.1, -0.05) is 6.07 Å². The van der Waals surface area contributed by atoms with Crippen LogP contribution in [0.4, 0.5) is 10.1 Å². The lowest BCUT2D eigenvalue weighted by atomic mass is 10.3. The molecule has 1 heterocycles. The van der Waals surface area contributed by atoms with Crippen molar-refractivity contribution < 1.29 is 12.8 Å². The van der Waals surface area contributed by atoms with Gasteiger partial charge in [-0.25, -0.2) is 17.5 Å². The van der Waals surface area contributed by atoms with E-state index in [4.69, 9.17) is 5.73 Å². The predicted molar refractivity (Wildman–Crippen MR) is 74.0 cm³/mol. The summed E-state index contributed by atoms with van der Waals surface area (Å²) >= 11 is 1.57. The number of anilines is 1. The number of hydrogen-bond acceptors (Lipinski definition) is 4. The molecule has 0 unspecified atom stereocenters. The van der Waals surface area contributed by atoms with Crippen molar-refractivity contribution >= 4 is 27.0 Å². The first-order valence-corrected chi connectivity index (χ1v) is 7.92. The summed E-state index contributed by atoms with van der Waals surface area (Å²) in [6.45, 7) is 0.292. The van der Waals surface area contributed by atoms with E-state index >= 15 is 0 Å².